The number of nitrogens with one attached hydrogen (secondary N) is 1. The maximum atomic E-state index is 13.5. The van der Waals surface area contributed by atoms with Gasteiger partial charge >= 0.3 is 0 Å². The molecule has 0 radical (unpaired) electrons. The van der Waals surface area contributed by atoms with Crippen molar-refractivity contribution in [3.05, 3.63) is 65.2 Å². The highest BCUT2D eigenvalue weighted by atomic mass is 35.5. The topological polar surface area (TPSA) is 86.8 Å². The van der Waals surface area contributed by atoms with Gasteiger partial charge in [0, 0.05) is 18.1 Å². The molecule has 2 amide bonds. The third-order valence-electron chi connectivity index (χ3n) is 5.49. The molecule has 0 aliphatic rings. The molecule has 7 nitrogen and oxygen atoms in total. The van der Waals surface area contributed by atoms with Crippen LogP contribution in [0.15, 0.2) is 54.6 Å². The van der Waals surface area contributed by atoms with Gasteiger partial charge in [0.25, 0.3) is 0 Å². The zero-order valence-electron chi connectivity index (χ0n) is 20.0. The average molecular weight is 508 g/mol. The van der Waals surface area contributed by atoms with Crippen molar-refractivity contribution in [3.63, 3.8) is 0 Å². The number of nitrogens with zero attached hydrogens (tertiary/aromatic N) is 2. The van der Waals surface area contributed by atoms with Crippen LogP contribution in [0.3, 0.4) is 0 Å². The summed E-state index contributed by atoms with van der Waals surface area (Å²) in [4.78, 5) is 28.0. The van der Waals surface area contributed by atoms with E-state index < -0.39 is 28.5 Å². The minimum Gasteiger partial charge on any atom is -0.354 e. The Morgan fingerprint density at radius 1 is 1.03 bits per heavy atom. The van der Waals surface area contributed by atoms with Gasteiger partial charge < -0.3 is 10.2 Å². The van der Waals surface area contributed by atoms with E-state index in [9.17, 15) is 18.0 Å². The molecule has 1 atom stereocenters. The largest absolute Gasteiger partial charge is 0.354 e. The van der Waals surface area contributed by atoms with Crippen molar-refractivity contribution >= 4 is 39.1 Å². The van der Waals surface area contributed by atoms with Gasteiger partial charge in [-0.25, -0.2) is 8.42 Å². The fraction of sp³-hybridized carbons (Fsp3) is 0.440. The molecule has 0 unspecified atom stereocenters. The third-order valence-corrected chi connectivity index (χ3v) is 6.89. The summed E-state index contributed by atoms with van der Waals surface area (Å²) >= 11 is 5.95. The lowest BCUT2D eigenvalue weighted by molar-refractivity contribution is -0.139. The minimum absolute atomic E-state index is 0.227. The molecule has 1 N–H and O–H groups in total. The van der Waals surface area contributed by atoms with Crippen LogP contribution in [0.2, 0.25) is 5.02 Å². The summed E-state index contributed by atoms with van der Waals surface area (Å²) in [6.45, 7) is 4.30. The molecule has 0 bridgehead atoms. The van der Waals surface area contributed by atoms with Crippen molar-refractivity contribution in [2.24, 2.45) is 0 Å². The van der Waals surface area contributed by atoms with E-state index in [-0.39, 0.29) is 5.91 Å². The molecule has 9 heteroatoms. The standard InChI is InChI=1S/C25H34ClN3O4S/c1-4-6-17-27-25(31)23(5-2)28(18-16-20-10-8-7-9-11-20)24(30)19-29(34(3,32)33)22-14-12-21(26)13-15-22/h7-15,23H,4-6,16-19H2,1-3H3,(H,27,31)/t23-/m0/s1. The Bertz CT molecular complexity index is 1030. The number of hydrogen-bond acceptors (Lipinski definition) is 4. The summed E-state index contributed by atoms with van der Waals surface area (Å²) in [7, 11) is -3.75. The quantitative estimate of drug-likeness (QED) is 0.417. The van der Waals surface area contributed by atoms with Gasteiger partial charge in [-0.2, -0.15) is 0 Å². The number of benzene rings is 2. The normalized spacial score (nSPS) is 12.1. The van der Waals surface area contributed by atoms with E-state index in [1.165, 1.54) is 4.90 Å². The first-order valence-electron chi connectivity index (χ1n) is 11.5. The highest BCUT2D eigenvalue weighted by Crippen LogP contribution is 2.21. The molecule has 0 aliphatic carbocycles. The SMILES string of the molecule is CCCCNC(=O)[C@H](CC)N(CCc1ccccc1)C(=O)CN(c1ccc(Cl)cc1)S(C)(=O)=O. The Labute approximate surface area is 208 Å². The molecule has 2 aromatic carbocycles. The number of anilines is 1. The molecule has 0 saturated heterocycles. The second kappa shape index (κ2) is 13.3. The van der Waals surface area contributed by atoms with Crippen LogP contribution in [-0.4, -0.2) is 57.1 Å². The highest BCUT2D eigenvalue weighted by molar-refractivity contribution is 7.92. The van der Waals surface area contributed by atoms with E-state index in [0.29, 0.717) is 36.6 Å². The zero-order chi connectivity index (χ0) is 25.1. The summed E-state index contributed by atoms with van der Waals surface area (Å²) in [5.41, 5.74) is 1.36. The fourth-order valence-corrected chi connectivity index (χ4v) is 4.60. The average Bonchev–Trinajstić information content (AvgIpc) is 2.80. The van der Waals surface area contributed by atoms with Crippen molar-refractivity contribution in [1.29, 1.82) is 0 Å². The van der Waals surface area contributed by atoms with Gasteiger partial charge in [0.2, 0.25) is 21.8 Å². The molecular formula is C25H34ClN3O4S. The minimum atomic E-state index is -3.75. The van der Waals surface area contributed by atoms with E-state index >= 15 is 0 Å². The molecule has 0 aromatic heterocycles. The summed E-state index contributed by atoms with van der Waals surface area (Å²) in [6.07, 6.45) is 3.80. The number of carbonyl (C=O) groups excluding carboxylic acids is 2. The monoisotopic (exact) mass is 507 g/mol. The van der Waals surface area contributed by atoms with Gasteiger partial charge in [0.15, 0.2) is 0 Å². The molecule has 0 heterocycles. The molecule has 2 rings (SSSR count). The van der Waals surface area contributed by atoms with Crippen LogP contribution in [0.25, 0.3) is 0 Å². The van der Waals surface area contributed by atoms with E-state index in [1.54, 1.807) is 24.3 Å². The number of halogens is 1. The van der Waals surface area contributed by atoms with E-state index in [4.69, 9.17) is 11.6 Å². The van der Waals surface area contributed by atoms with E-state index in [1.807, 2.05) is 44.2 Å². The van der Waals surface area contributed by atoms with Crippen molar-refractivity contribution in [2.75, 3.05) is 30.2 Å². The number of carbonyl (C=O) groups is 2. The second-order valence-corrected chi connectivity index (χ2v) is 10.5. The van der Waals surface area contributed by atoms with Crippen molar-refractivity contribution in [1.82, 2.24) is 10.2 Å². The lowest BCUT2D eigenvalue weighted by Gasteiger charge is -2.32. The number of hydrogen-bond donors (Lipinski definition) is 1. The lowest BCUT2D eigenvalue weighted by Crippen LogP contribution is -2.53. The Balaban J connectivity index is 2.31. The van der Waals surface area contributed by atoms with Crippen LogP contribution in [0.1, 0.15) is 38.7 Å². The Morgan fingerprint density at radius 2 is 1.68 bits per heavy atom. The first-order chi connectivity index (χ1) is 16.2. The van der Waals surface area contributed by atoms with Crippen LogP contribution < -0.4 is 9.62 Å². The molecule has 186 valence electrons. The molecular weight excluding hydrogens is 474 g/mol. The van der Waals surface area contributed by atoms with Crippen LogP contribution in [-0.2, 0) is 26.0 Å². The summed E-state index contributed by atoms with van der Waals surface area (Å²) < 4.78 is 26.1. The fourth-order valence-electron chi connectivity index (χ4n) is 3.62. The maximum Gasteiger partial charge on any atom is 0.244 e. The molecule has 0 fully saturated rings. The van der Waals surface area contributed by atoms with Gasteiger partial charge in [0.1, 0.15) is 12.6 Å². The molecule has 34 heavy (non-hydrogen) atoms. The smallest absolute Gasteiger partial charge is 0.244 e. The van der Waals surface area contributed by atoms with Crippen LogP contribution in [0, 0.1) is 0 Å². The van der Waals surface area contributed by atoms with Gasteiger partial charge in [-0.1, -0.05) is 62.2 Å². The first kappa shape index (κ1) is 27.7. The lowest BCUT2D eigenvalue weighted by atomic mass is 10.1. The van der Waals surface area contributed by atoms with Crippen LogP contribution in [0.4, 0.5) is 5.69 Å². The molecule has 2 aromatic rings. The molecule has 0 spiro atoms. The number of sulfonamides is 1. The summed E-state index contributed by atoms with van der Waals surface area (Å²) in [5, 5.41) is 3.37. The number of rotatable bonds is 13. The molecule has 0 aliphatic heterocycles. The van der Waals surface area contributed by atoms with Crippen LogP contribution in [0.5, 0.6) is 0 Å². The van der Waals surface area contributed by atoms with Gasteiger partial charge in [0.05, 0.1) is 11.9 Å². The van der Waals surface area contributed by atoms with E-state index in [2.05, 4.69) is 5.32 Å². The zero-order valence-corrected chi connectivity index (χ0v) is 21.6. The first-order valence-corrected chi connectivity index (χ1v) is 13.7. The number of unbranched alkanes of at least 4 members (excludes halogenated alkanes) is 1. The maximum absolute atomic E-state index is 13.5. The predicted octanol–water partition coefficient (Wildman–Crippen LogP) is 3.87. The predicted molar refractivity (Wildman–Crippen MR) is 137 cm³/mol. The van der Waals surface area contributed by atoms with Crippen LogP contribution >= 0.6 is 11.6 Å². The Morgan fingerprint density at radius 3 is 2.24 bits per heavy atom. The molecule has 0 saturated carbocycles. The summed E-state index contributed by atoms with van der Waals surface area (Å²) in [5.74, 6) is -0.663. The highest BCUT2D eigenvalue weighted by Gasteiger charge is 2.31. The summed E-state index contributed by atoms with van der Waals surface area (Å²) in [6, 6.07) is 15.2. The van der Waals surface area contributed by atoms with Crippen molar-refractivity contribution in [3.8, 4) is 0 Å². The van der Waals surface area contributed by atoms with Gasteiger partial charge in [-0.15, -0.1) is 0 Å². The third kappa shape index (κ3) is 8.33. The van der Waals surface area contributed by atoms with Gasteiger partial charge in [-0.05, 0) is 49.1 Å². The van der Waals surface area contributed by atoms with Crippen molar-refractivity contribution < 1.29 is 18.0 Å². The van der Waals surface area contributed by atoms with Crippen molar-refractivity contribution in [2.45, 2.75) is 45.6 Å². The number of amides is 2. The Hall–Kier alpha value is -2.58. The Kier molecular flexibility index (Phi) is 10.9. The second-order valence-electron chi connectivity index (χ2n) is 8.14. The van der Waals surface area contributed by atoms with E-state index in [0.717, 1.165) is 29.0 Å². The van der Waals surface area contributed by atoms with Gasteiger partial charge in [-0.3, -0.25) is 13.9 Å².